The van der Waals surface area contributed by atoms with Crippen LogP contribution in [-0.2, 0) is 13.1 Å². The van der Waals surface area contributed by atoms with Crippen LogP contribution in [0.25, 0.3) is 0 Å². The zero-order valence-corrected chi connectivity index (χ0v) is 18.7. The molecule has 2 aromatic rings. The van der Waals surface area contributed by atoms with Crippen LogP contribution in [0.15, 0.2) is 45.9 Å². The van der Waals surface area contributed by atoms with E-state index in [0.717, 1.165) is 22.6 Å². The van der Waals surface area contributed by atoms with E-state index in [1.807, 2.05) is 24.3 Å². The van der Waals surface area contributed by atoms with E-state index in [9.17, 15) is 4.39 Å². The number of guanidine groups is 1. The Labute approximate surface area is 178 Å². The highest BCUT2D eigenvalue weighted by Crippen LogP contribution is 2.24. The van der Waals surface area contributed by atoms with Crippen LogP contribution >= 0.6 is 39.9 Å². The molecule has 0 atom stereocenters. The molecule has 0 spiro atoms. The number of hydrogen-bond donors (Lipinski definition) is 2. The van der Waals surface area contributed by atoms with Crippen LogP contribution < -0.4 is 20.1 Å². The van der Waals surface area contributed by atoms with Crippen LogP contribution in [0.5, 0.6) is 11.5 Å². The minimum atomic E-state index is -0.287. The van der Waals surface area contributed by atoms with Gasteiger partial charge in [0.15, 0.2) is 5.96 Å². The zero-order valence-electron chi connectivity index (χ0n) is 14.8. The zero-order chi connectivity index (χ0) is 18.2. The van der Waals surface area contributed by atoms with Crippen molar-refractivity contribution < 1.29 is 13.9 Å². The standard InChI is InChI=1S/C18H21BrFN3O2.HI/c1-21-18(22-10-12-4-7-15(19)16(20)8-12)23-11-13-5-6-14(24-2)9-17(13)25-3;/h4-9H,10-11H2,1-3H3,(H2,21,22,23);1H. The van der Waals surface area contributed by atoms with Gasteiger partial charge in [0.25, 0.3) is 0 Å². The van der Waals surface area contributed by atoms with Crippen LogP contribution in [0.3, 0.4) is 0 Å². The molecular weight excluding hydrogens is 516 g/mol. The molecule has 0 bridgehead atoms. The average Bonchev–Trinajstić information content (AvgIpc) is 2.64. The Hall–Kier alpha value is -1.55. The highest BCUT2D eigenvalue weighted by molar-refractivity contribution is 14.0. The Morgan fingerprint density at radius 3 is 2.42 bits per heavy atom. The lowest BCUT2D eigenvalue weighted by Crippen LogP contribution is -2.36. The molecule has 0 fully saturated rings. The maximum absolute atomic E-state index is 13.6. The number of ether oxygens (including phenoxy) is 2. The lowest BCUT2D eigenvalue weighted by Gasteiger charge is -2.14. The first-order valence-electron chi connectivity index (χ1n) is 7.66. The Bertz CT molecular complexity index is 759. The van der Waals surface area contributed by atoms with E-state index in [2.05, 4.69) is 31.6 Å². The van der Waals surface area contributed by atoms with Crippen LogP contribution in [0.4, 0.5) is 4.39 Å². The second kappa shape index (κ2) is 11.2. The molecule has 26 heavy (non-hydrogen) atoms. The Kier molecular flexibility index (Phi) is 9.71. The average molecular weight is 538 g/mol. The molecule has 0 radical (unpaired) electrons. The number of nitrogens with zero attached hydrogens (tertiary/aromatic N) is 1. The van der Waals surface area contributed by atoms with Gasteiger partial charge in [-0.2, -0.15) is 0 Å². The van der Waals surface area contributed by atoms with Crippen molar-refractivity contribution in [1.29, 1.82) is 0 Å². The van der Waals surface area contributed by atoms with E-state index in [1.165, 1.54) is 6.07 Å². The largest absolute Gasteiger partial charge is 0.497 e. The maximum Gasteiger partial charge on any atom is 0.191 e. The second-order valence-electron chi connectivity index (χ2n) is 5.21. The van der Waals surface area contributed by atoms with Gasteiger partial charge in [0.2, 0.25) is 0 Å². The van der Waals surface area contributed by atoms with Crippen LogP contribution in [0.2, 0.25) is 0 Å². The minimum absolute atomic E-state index is 0. The molecular formula is C18H22BrFIN3O2. The van der Waals surface area contributed by atoms with Gasteiger partial charge >= 0.3 is 0 Å². The van der Waals surface area contributed by atoms with Gasteiger partial charge in [0.05, 0.1) is 18.7 Å². The van der Waals surface area contributed by atoms with Gasteiger partial charge in [0, 0.05) is 31.8 Å². The van der Waals surface area contributed by atoms with Crippen LogP contribution in [0, 0.1) is 5.82 Å². The molecule has 8 heteroatoms. The van der Waals surface area contributed by atoms with Gasteiger partial charge in [-0.15, -0.1) is 24.0 Å². The van der Waals surface area contributed by atoms with Crippen molar-refractivity contribution in [1.82, 2.24) is 10.6 Å². The fraction of sp³-hybridized carbons (Fsp3) is 0.278. The van der Waals surface area contributed by atoms with Crippen molar-refractivity contribution >= 4 is 45.9 Å². The molecule has 0 saturated carbocycles. The molecule has 0 amide bonds. The van der Waals surface area contributed by atoms with Crippen molar-refractivity contribution in [2.24, 2.45) is 4.99 Å². The molecule has 5 nitrogen and oxygen atoms in total. The lowest BCUT2D eigenvalue weighted by atomic mass is 10.2. The number of nitrogens with one attached hydrogen (secondary N) is 2. The van der Waals surface area contributed by atoms with E-state index >= 15 is 0 Å². The number of aliphatic imine (C=N–C) groups is 1. The summed E-state index contributed by atoms with van der Waals surface area (Å²) in [4.78, 5) is 4.17. The van der Waals surface area contributed by atoms with Gasteiger partial charge in [-0.3, -0.25) is 4.99 Å². The predicted molar refractivity (Wildman–Crippen MR) is 116 cm³/mol. The third-order valence-corrected chi connectivity index (χ3v) is 4.25. The summed E-state index contributed by atoms with van der Waals surface area (Å²) in [5.74, 6) is 1.80. The monoisotopic (exact) mass is 537 g/mol. The van der Waals surface area contributed by atoms with Crippen LogP contribution in [0.1, 0.15) is 11.1 Å². The minimum Gasteiger partial charge on any atom is -0.497 e. The third kappa shape index (κ3) is 6.31. The molecule has 142 valence electrons. The summed E-state index contributed by atoms with van der Waals surface area (Å²) in [5, 5.41) is 6.36. The number of rotatable bonds is 6. The quantitative estimate of drug-likeness (QED) is 0.331. The second-order valence-corrected chi connectivity index (χ2v) is 6.06. The summed E-state index contributed by atoms with van der Waals surface area (Å²) in [7, 11) is 4.92. The SMILES string of the molecule is CN=C(NCc1ccc(Br)c(F)c1)NCc1ccc(OC)cc1OC.I. The fourth-order valence-electron chi connectivity index (χ4n) is 2.23. The summed E-state index contributed by atoms with van der Waals surface area (Å²) in [6.45, 7) is 0.991. The first-order chi connectivity index (χ1) is 12.1. The van der Waals surface area contributed by atoms with E-state index < -0.39 is 0 Å². The van der Waals surface area contributed by atoms with Crippen LogP contribution in [-0.4, -0.2) is 27.2 Å². The van der Waals surface area contributed by atoms with Gasteiger partial charge in [-0.05, 0) is 45.8 Å². The summed E-state index contributed by atoms with van der Waals surface area (Å²) in [5.41, 5.74) is 1.80. The lowest BCUT2D eigenvalue weighted by molar-refractivity contribution is 0.390. The highest BCUT2D eigenvalue weighted by atomic mass is 127. The fourth-order valence-corrected chi connectivity index (χ4v) is 2.48. The van der Waals surface area contributed by atoms with Gasteiger partial charge in [-0.1, -0.05) is 6.07 Å². The van der Waals surface area contributed by atoms with Crippen molar-refractivity contribution in [3.63, 3.8) is 0 Å². The molecule has 0 aliphatic carbocycles. The van der Waals surface area contributed by atoms with E-state index in [1.54, 1.807) is 27.3 Å². The Morgan fingerprint density at radius 2 is 1.81 bits per heavy atom. The third-order valence-electron chi connectivity index (χ3n) is 3.61. The van der Waals surface area contributed by atoms with E-state index in [-0.39, 0.29) is 29.8 Å². The molecule has 0 heterocycles. The Balaban J connectivity index is 0.00000338. The molecule has 2 rings (SSSR count). The van der Waals surface area contributed by atoms with Crippen molar-refractivity contribution in [2.45, 2.75) is 13.1 Å². The topological polar surface area (TPSA) is 54.9 Å². The smallest absolute Gasteiger partial charge is 0.191 e. The number of benzene rings is 2. The molecule has 0 unspecified atom stereocenters. The molecule has 2 aromatic carbocycles. The molecule has 2 N–H and O–H groups in total. The maximum atomic E-state index is 13.6. The molecule has 0 aliphatic rings. The predicted octanol–water partition coefficient (Wildman–Crippen LogP) is 4.09. The number of methoxy groups -OCH3 is 2. The summed E-state index contributed by atoms with van der Waals surface area (Å²) in [6.07, 6.45) is 0. The van der Waals surface area contributed by atoms with E-state index in [0.29, 0.717) is 23.5 Å². The first kappa shape index (κ1) is 22.5. The summed E-state index contributed by atoms with van der Waals surface area (Å²) >= 11 is 3.15. The van der Waals surface area contributed by atoms with Crippen molar-refractivity contribution in [3.8, 4) is 11.5 Å². The normalized spacial score (nSPS) is 10.7. The molecule has 0 saturated heterocycles. The van der Waals surface area contributed by atoms with Gasteiger partial charge < -0.3 is 20.1 Å². The van der Waals surface area contributed by atoms with Crippen molar-refractivity contribution in [2.75, 3.05) is 21.3 Å². The number of halogens is 3. The van der Waals surface area contributed by atoms with Gasteiger partial charge in [0.1, 0.15) is 17.3 Å². The Morgan fingerprint density at radius 1 is 1.08 bits per heavy atom. The highest BCUT2D eigenvalue weighted by Gasteiger charge is 2.07. The molecule has 0 aliphatic heterocycles. The van der Waals surface area contributed by atoms with Crippen molar-refractivity contribution in [3.05, 3.63) is 57.8 Å². The number of hydrogen-bond acceptors (Lipinski definition) is 3. The molecule has 0 aromatic heterocycles. The van der Waals surface area contributed by atoms with E-state index in [4.69, 9.17) is 9.47 Å². The summed E-state index contributed by atoms with van der Waals surface area (Å²) in [6, 6.07) is 10.7. The summed E-state index contributed by atoms with van der Waals surface area (Å²) < 4.78 is 24.6. The first-order valence-corrected chi connectivity index (χ1v) is 8.46. The van der Waals surface area contributed by atoms with Gasteiger partial charge in [-0.25, -0.2) is 4.39 Å².